The SMILES string of the molecule is CCNC(=NCC1(C)COC1)NCC(C)Oc1ccc(F)cc1.I. The lowest BCUT2D eigenvalue weighted by Gasteiger charge is -2.36. The lowest BCUT2D eigenvalue weighted by molar-refractivity contribution is -0.0945. The van der Waals surface area contributed by atoms with Gasteiger partial charge in [-0.15, -0.1) is 24.0 Å². The molecule has 1 unspecified atom stereocenters. The molecular formula is C17H27FIN3O2. The predicted molar refractivity (Wildman–Crippen MR) is 105 cm³/mol. The van der Waals surface area contributed by atoms with Crippen LogP contribution in [-0.4, -0.2) is 44.9 Å². The van der Waals surface area contributed by atoms with Gasteiger partial charge in [0.05, 0.1) is 26.3 Å². The molecule has 0 saturated carbocycles. The van der Waals surface area contributed by atoms with Gasteiger partial charge in [-0.1, -0.05) is 6.92 Å². The Balaban J connectivity index is 0.00000288. The van der Waals surface area contributed by atoms with E-state index in [1.54, 1.807) is 12.1 Å². The van der Waals surface area contributed by atoms with Gasteiger partial charge in [0, 0.05) is 12.0 Å². The van der Waals surface area contributed by atoms with Crippen LogP contribution in [0.2, 0.25) is 0 Å². The second-order valence-corrected chi connectivity index (χ2v) is 6.26. The van der Waals surface area contributed by atoms with Gasteiger partial charge in [-0.2, -0.15) is 0 Å². The first kappa shape index (κ1) is 21.0. The Bertz CT molecular complexity index is 521. The Hall–Kier alpha value is -1.09. The van der Waals surface area contributed by atoms with Crippen LogP contribution in [0, 0.1) is 11.2 Å². The van der Waals surface area contributed by atoms with Crippen LogP contribution >= 0.6 is 24.0 Å². The van der Waals surface area contributed by atoms with Gasteiger partial charge in [0.2, 0.25) is 0 Å². The highest BCUT2D eigenvalue weighted by molar-refractivity contribution is 14.0. The van der Waals surface area contributed by atoms with E-state index in [0.29, 0.717) is 12.3 Å². The minimum atomic E-state index is -0.266. The first-order valence-corrected chi connectivity index (χ1v) is 8.03. The lowest BCUT2D eigenvalue weighted by Crippen LogP contribution is -2.45. The van der Waals surface area contributed by atoms with Crippen molar-refractivity contribution < 1.29 is 13.9 Å². The molecule has 0 amide bonds. The maximum absolute atomic E-state index is 12.9. The van der Waals surface area contributed by atoms with Crippen molar-refractivity contribution in [3.8, 4) is 5.75 Å². The summed E-state index contributed by atoms with van der Waals surface area (Å²) in [6.45, 7) is 9.83. The Morgan fingerprint density at radius 3 is 2.54 bits per heavy atom. The van der Waals surface area contributed by atoms with E-state index in [0.717, 1.165) is 32.3 Å². The van der Waals surface area contributed by atoms with Crippen molar-refractivity contribution in [2.75, 3.05) is 32.8 Å². The molecular weight excluding hydrogens is 424 g/mol. The van der Waals surface area contributed by atoms with Crippen LogP contribution in [0.4, 0.5) is 4.39 Å². The largest absolute Gasteiger partial charge is 0.489 e. The molecule has 1 aromatic carbocycles. The standard InChI is InChI=1S/C17H26FN3O2.HI/c1-4-19-16(21-10-17(3)11-22-12-17)20-9-13(2)23-15-7-5-14(18)6-8-15;/h5-8,13H,4,9-12H2,1-3H3,(H2,19,20,21);1H. The molecule has 1 heterocycles. The van der Waals surface area contributed by atoms with Crippen molar-refractivity contribution in [1.29, 1.82) is 0 Å². The van der Waals surface area contributed by atoms with Crippen LogP contribution in [0.3, 0.4) is 0 Å². The normalized spacial score (nSPS) is 17.2. The number of ether oxygens (including phenoxy) is 2. The molecule has 7 heteroatoms. The molecule has 1 atom stereocenters. The summed E-state index contributed by atoms with van der Waals surface area (Å²) >= 11 is 0. The molecule has 136 valence electrons. The van der Waals surface area contributed by atoms with E-state index in [2.05, 4.69) is 22.5 Å². The number of nitrogens with zero attached hydrogens (tertiary/aromatic N) is 1. The fraction of sp³-hybridized carbons (Fsp3) is 0.588. The van der Waals surface area contributed by atoms with Crippen LogP contribution in [0.5, 0.6) is 5.75 Å². The molecule has 0 aromatic heterocycles. The van der Waals surface area contributed by atoms with E-state index in [4.69, 9.17) is 9.47 Å². The third-order valence-corrected chi connectivity index (χ3v) is 3.57. The summed E-state index contributed by atoms with van der Waals surface area (Å²) in [5, 5.41) is 6.49. The van der Waals surface area contributed by atoms with Crippen LogP contribution in [-0.2, 0) is 4.74 Å². The number of nitrogens with one attached hydrogen (secondary N) is 2. The Kier molecular flexibility index (Phi) is 8.75. The molecule has 0 aliphatic carbocycles. The topological polar surface area (TPSA) is 54.9 Å². The van der Waals surface area contributed by atoms with Crippen molar-refractivity contribution in [3.05, 3.63) is 30.1 Å². The third-order valence-electron chi connectivity index (χ3n) is 3.57. The van der Waals surface area contributed by atoms with Crippen molar-refractivity contribution in [3.63, 3.8) is 0 Å². The van der Waals surface area contributed by atoms with Crippen molar-refractivity contribution in [1.82, 2.24) is 10.6 Å². The summed E-state index contributed by atoms with van der Waals surface area (Å²) in [5.74, 6) is 1.16. The number of benzene rings is 1. The second-order valence-electron chi connectivity index (χ2n) is 6.26. The molecule has 2 N–H and O–H groups in total. The predicted octanol–water partition coefficient (Wildman–Crippen LogP) is 2.80. The van der Waals surface area contributed by atoms with Gasteiger partial charge in [0.1, 0.15) is 17.7 Å². The first-order valence-electron chi connectivity index (χ1n) is 8.03. The van der Waals surface area contributed by atoms with Gasteiger partial charge < -0.3 is 20.1 Å². The van der Waals surface area contributed by atoms with Crippen LogP contribution in [0.1, 0.15) is 20.8 Å². The van der Waals surface area contributed by atoms with E-state index >= 15 is 0 Å². The Morgan fingerprint density at radius 2 is 2.00 bits per heavy atom. The number of guanidine groups is 1. The fourth-order valence-electron chi connectivity index (χ4n) is 2.18. The maximum Gasteiger partial charge on any atom is 0.191 e. The fourth-order valence-corrected chi connectivity index (χ4v) is 2.18. The van der Waals surface area contributed by atoms with Crippen molar-refractivity contribution >= 4 is 29.9 Å². The number of hydrogen-bond acceptors (Lipinski definition) is 3. The second kappa shape index (κ2) is 10.0. The third kappa shape index (κ3) is 6.80. The van der Waals surface area contributed by atoms with Crippen LogP contribution in [0.25, 0.3) is 0 Å². The summed E-state index contributed by atoms with van der Waals surface area (Å²) in [4.78, 5) is 4.61. The molecule has 2 rings (SSSR count). The zero-order valence-corrected chi connectivity index (χ0v) is 16.8. The van der Waals surface area contributed by atoms with Gasteiger partial charge in [-0.25, -0.2) is 4.39 Å². The maximum atomic E-state index is 12.9. The molecule has 0 spiro atoms. The highest BCUT2D eigenvalue weighted by atomic mass is 127. The average Bonchev–Trinajstić information content (AvgIpc) is 2.50. The van der Waals surface area contributed by atoms with E-state index in [9.17, 15) is 4.39 Å². The van der Waals surface area contributed by atoms with Crippen LogP contribution in [0.15, 0.2) is 29.3 Å². The van der Waals surface area contributed by atoms with Crippen molar-refractivity contribution in [2.24, 2.45) is 10.4 Å². The molecule has 24 heavy (non-hydrogen) atoms. The van der Waals surface area contributed by atoms with Gasteiger partial charge >= 0.3 is 0 Å². The summed E-state index contributed by atoms with van der Waals surface area (Å²) < 4.78 is 23.9. The number of aliphatic imine (C=N–C) groups is 1. The smallest absolute Gasteiger partial charge is 0.191 e. The summed E-state index contributed by atoms with van der Waals surface area (Å²) in [7, 11) is 0. The molecule has 0 radical (unpaired) electrons. The quantitative estimate of drug-likeness (QED) is 0.381. The van der Waals surface area contributed by atoms with E-state index in [-0.39, 0.29) is 41.3 Å². The lowest BCUT2D eigenvalue weighted by atomic mass is 9.89. The van der Waals surface area contributed by atoms with Crippen molar-refractivity contribution in [2.45, 2.75) is 26.9 Å². The zero-order valence-electron chi connectivity index (χ0n) is 14.5. The summed E-state index contributed by atoms with van der Waals surface area (Å²) in [6.07, 6.45) is -0.0630. The molecule has 1 saturated heterocycles. The number of rotatable bonds is 7. The zero-order chi connectivity index (χ0) is 16.7. The molecule has 1 fully saturated rings. The van der Waals surface area contributed by atoms with Gasteiger partial charge in [-0.3, -0.25) is 4.99 Å². The van der Waals surface area contributed by atoms with E-state index in [1.807, 2.05) is 13.8 Å². The first-order chi connectivity index (χ1) is 11.0. The molecule has 1 aromatic rings. The van der Waals surface area contributed by atoms with Gasteiger partial charge in [0.25, 0.3) is 0 Å². The minimum absolute atomic E-state index is 0. The number of halogens is 2. The molecule has 5 nitrogen and oxygen atoms in total. The summed E-state index contributed by atoms with van der Waals surface area (Å²) in [5.41, 5.74) is 0.151. The minimum Gasteiger partial charge on any atom is -0.489 e. The Morgan fingerprint density at radius 1 is 1.33 bits per heavy atom. The highest BCUT2D eigenvalue weighted by Gasteiger charge is 2.33. The van der Waals surface area contributed by atoms with Gasteiger partial charge in [-0.05, 0) is 38.1 Å². The van der Waals surface area contributed by atoms with E-state index < -0.39 is 0 Å². The highest BCUT2D eigenvalue weighted by Crippen LogP contribution is 2.26. The van der Waals surface area contributed by atoms with E-state index in [1.165, 1.54) is 12.1 Å². The molecule has 1 aliphatic rings. The monoisotopic (exact) mass is 451 g/mol. The average molecular weight is 451 g/mol. The molecule has 0 bridgehead atoms. The number of hydrogen-bond donors (Lipinski definition) is 2. The summed E-state index contributed by atoms with van der Waals surface area (Å²) in [6, 6.07) is 6.04. The Labute approximate surface area is 160 Å². The van der Waals surface area contributed by atoms with Gasteiger partial charge in [0.15, 0.2) is 5.96 Å². The molecule has 1 aliphatic heterocycles. The van der Waals surface area contributed by atoms with Crippen LogP contribution < -0.4 is 15.4 Å².